The van der Waals surface area contributed by atoms with Gasteiger partial charge in [0.1, 0.15) is 12.4 Å². The van der Waals surface area contributed by atoms with Gasteiger partial charge < -0.3 is 14.6 Å². The highest BCUT2D eigenvalue weighted by molar-refractivity contribution is 6.45. The van der Waals surface area contributed by atoms with Crippen molar-refractivity contribution in [3.05, 3.63) is 47.0 Å². The summed E-state index contributed by atoms with van der Waals surface area (Å²) in [6, 6.07) is 5.32. The van der Waals surface area contributed by atoms with Crippen LogP contribution < -0.4 is 4.90 Å². The van der Waals surface area contributed by atoms with Crippen molar-refractivity contribution in [2.75, 3.05) is 18.5 Å². The number of carboxylic acid groups (broad SMARTS) is 1. The average molecular weight is 351 g/mol. The van der Waals surface area contributed by atoms with E-state index in [2.05, 4.69) is 9.97 Å². The molecule has 118 valence electrons. The van der Waals surface area contributed by atoms with E-state index < -0.39 is 5.97 Å². The van der Waals surface area contributed by atoms with Crippen molar-refractivity contribution in [3.63, 3.8) is 0 Å². The smallest absolute Gasteiger partial charge is 0.323 e. The topological polar surface area (TPSA) is 71.2 Å². The van der Waals surface area contributed by atoms with Crippen LogP contribution in [0.4, 0.5) is 5.82 Å². The van der Waals surface area contributed by atoms with Crippen LogP contribution >= 0.6 is 23.2 Å². The molecule has 3 rings (SSSR count). The molecule has 23 heavy (non-hydrogen) atoms. The zero-order valence-corrected chi connectivity index (χ0v) is 13.6. The van der Waals surface area contributed by atoms with Crippen LogP contribution in [0.3, 0.4) is 0 Å². The van der Waals surface area contributed by atoms with Crippen molar-refractivity contribution in [1.29, 1.82) is 0 Å². The number of carboxylic acids is 1. The Morgan fingerprint density at radius 2 is 2.17 bits per heavy atom. The first-order valence-corrected chi connectivity index (χ1v) is 7.43. The molecule has 0 atom stereocenters. The number of aromatic nitrogens is 3. The molecule has 6 nitrogen and oxygen atoms in total. The zero-order valence-electron chi connectivity index (χ0n) is 12.1. The SMILES string of the molecule is CN(CC(=O)O)c1cc(-n2ccnc2)c2ccc(Cl)c(Cl)c2n1. The number of halogens is 2. The summed E-state index contributed by atoms with van der Waals surface area (Å²) in [6.07, 6.45) is 5.10. The van der Waals surface area contributed by atoms with E-state index in [0.29, 0.717) is 21.4 Å². The van der Waals surface area contributed by atoms with Gasteiger partial charge >= 0.3 is 5.97 Å². The molecule has 0 radical (unpaired) electrons. The van der Waals surface area contributed by atoms with Crippen molar-refractivity contribution in [2.45, 2.75) is 0 Å². The fourth-order valence-corrected chi connectivity index (χ4v) is 2.66. The lowest BCUT2D eigenvalue weighted by Crippen LogP contribution is -2.26. The van der Waals surface area contributed by atoms with Crippen molar-refractivity contribution in [3.8, 4) is 5.69 Å². The number of hydrogen-bond donors (Lipinski definition) is 1. The summed E-state index contributed by atoms with van der Waals surface area (Å²) in [5.74, 6) is -0.469. The summed E-state index contributed by atoms with van der Waals surface area (Å²) < 4.78 is 1.81. The highest BCUT2D eigenvalue weighted by Gasteiger charge is 2.15. The average Bonchev–Trinajstić information content (AvgIpc) is 3.03. The minimum Gasteiger partial charge on any atom is -0.480 e. The Hall–Kier alpha value is -2.31. The third-order valence-corrected chi connectivity index (χ3v) is 4.18. The molecule has 0 bridgehead atoms. The summed E-state index contributed by atoms with van der Waals surface area (Å²) >= 11 is 12.4. The minimum absolute atomic E-state index is 0.180. The molecule has 2 heterocycles. The van der Waals surface area contributed by atoms with Gasteiger partial charge in [-0.3, -0.25) is 4.79 Å². The number of nitrogens with zero attached hydrogens (tertiary/aromatic N) is 4. The Morgan fingerprint density at radius 1 is 1.39 bits per heavy atom. The van der Waals surface area contributed by atoms with E-state index >= 15 is 0 Å². The summed E-state index contributed by atoms with van der Waals surface area (Å²) in [6.45, 7) is -0.180. The number of benzene rings is 1. The number of pyridine rings is 1. The highest BCUT2D eigenvalue weighted by Crippen LogP contribution is 2.34. The van der Waals surface area contributed by atoms with Crippen LogP contribution in [0, 0.1) is 0 Å². The molecule has 1 N–H and O–H groups in total. The number of aliphatic carboxylic acids is 1. The molecule has 0 aliphatic rings. The van der Waals surface area contributed by atoms with Crippen LogP contribution in [0.1, 0.15) is 0 Å². The first-order chi connectivity index (χ1) is 11.0. The van der Waals surface area contributed by atoms with Crippen LogP contribution in [0.5, 0.6) is 0 Å². The predicted octanol–water partition coefficient (Wildman–Crippen LogP) is 3.25. The third-order valence-electron chi connectivity index (χ3n) is 3.38. The van der Waals surface area contributed by atoms with Gasteiger partial charge in [-0.15, -0.1) is 0 Å². The van der Waals surface area contributed by atoms with Crippen LogP contribution in [-0.4, -0.2) is 39.2 Å². The second-order valence-electron chi connectivity index (χ2n) is 4.98. The van der Waals surface area contributed by atoms with E-state index in [1.54, 1.807) is 37.9 Å². The Labute approximate surface area is 141 Å². The fourth-order valence-electron chi connectivity index (χ4n) is 2.30. The van der Waals surface area contributed by atoms with Gasteiger partial charge in [-0.25, -0.2) is 9.97 Å². The van der Waals surface area contributed by atoms with Crippen molar-refractivity contribution in [1.82, 2.24) is 14.5 Å². The number of rotatable bonds is 4. The molecule has 2 aromatic heterocycles. The monoisotopic (exact) mass is 350 g/mol. The number of carbonyl (C=O) groups is 1. The van der Waals surface area contributed by atoms with Gasteiger partial charge in [0.15, 0.2) is 0 Å². The molecule has 8 heteroatoms. The van der Waals surface area contributed by atoms with Gasteiger partial charge in [-0.2, -0.15) is 0 Å². The molecule has 0 saturated carbocycles. The maximum absolute atomic E-state index is 10.9. The molecule has 0 aliphatic carbocycles. The van der Waals surface area contributed by atoms with Crippen LogP contribution in [0.25, 0.3) is 16.6 Å². The Kier molecular flexibility index (Phi) is 4.11. The zero-order chi connectivity index (χ0) is 16.6. The summed E-state index contributed by atoms with van der Waals surface area (Å²) in [5.41, 5.74) is 1.30. The standard InChI is InChI=1S/C15H12Cl2N4O2/c1-20(7-13(22)23)12-6-11(21-5-4-18-8-21)9-2-3-10(16)14(17)15(9)19-12/h2-6,8H,7H2,1H3,(H,22,23). The van der Waals surface area contributed by atoms with Crippen molar-refractivity contribution < 1.29 is 9.90 Å². The van der Waals surface area contributed by atoms with E-state index in [1.165, 1.54) is 4.90 Å². The fraction of sp³-hybridized carbons (Fsp3) is 0.133. The number of likely N-dealkylation sites (N-methyl/N-ethyl adjacent to an activating group) is 1. The van der Waals surface area contributed by atoms with Crippen LogP contribution in [-0.2, 0) is 4.79 Å². The highest BCUT2D eigenvalue weighted by atomic mass is 35.5. The molecule has 0 amide bonds. The maximum atomic E-state index is 10.9. The molecule has 0 spiro atoms. The Balaban J connectivity index is 2.27. The van der Waals surface area contributed by atoms with Crippen molar-refractivity contribution >= 4 is 45.9 Å². The molecule has 1 aromatic carbocycles. The molecule has 0 aliphatic heterocycles. The van der Waals surface area contributed by atoms with Gasteiger partial charge in [0.05, 0.1) is 27.6 Å². The van der Waals surface area contributed by atoms with E-state index in [4.69, 9.17) is 28.3 Å². The van der Waals surface area contributed by atoms with E-state index in [-0.39, 0.29) is 6.54 Å². The molecule has 3 aromatic rings. The van der Waals surface area contributed by atoms with Gasteiger partial charge in [0.25, 0.3) is 0 Å². The van der Waals surface area contributed by atoms with E-state index in [1.807, 2.05) is 10.6 Å². The number of fused-ring (bicyclic) bond motifs is 1. The first-order valence-electron chi connectivity index (χ1n) is 6.67. The van der Waals surface area contributed by atoms with Crippen LogP contribution in [0.15, 0.2) is 36.9 Å². The summed E-state index contributed by atoms with van der Waals surface area (Å²) in [7, 11) is 1.65. The largest absolute Gasteiger partial charge is 0.480 e. The minimum atomic E-state index is -0.948. The lowest BCUT2D eigenvalue weighted by Gasteiger charge is -2.19. The molecule has 0 unspecified atom stereocenters. The van der Waals surface area contributed by atoms with Crippen LogP contribution in [0.2, 0.25) is 10.0 Å². The van der Waals surface area contributed by atoms with Gasteiger partial charge in [-0.05, 0) is 12.1 Å². The quantitative estimate of drug-likeness (QED) is 0.781. The Morgan fingerprint density at radius 3 is 2.83 bits per heavy atom. The van der Waals surface area contributed by atoms with Gasteiger partial charge in [0.2, 0.25) is 0 Å². The number of imidazole rings is 1. The third kappa shape index (κ3) is 2.95. The van der Waals surface area contributed by atoms with Gasteiger partial charge in [-0.1, -0.05) is 23.2 Å². The molecule has 0 saturated heterocycles. The normalized spacial score (nSPS) is 10.9. The van der Waals surface area contributed by atoms with Gasteiger partial charge in [0, 0.05) is 30.9 Å². The maximum Gasteiger partial charge on any atom is 0.323 e. The second kappa shape index (κ2) is 6.06. The molecular formula is C15H12Cl2N4O2. The lowest BCUT2D eigenvalue weighted by molar-refractivity contribution is -0.135. The molecule has 0 fully saturated rings. The van der Waals surface area contributed by atoms with Crippen molar-refractivity contribution in [2.24, 2.45) is 0 Å². The van der Waals surface area contributed by atoms with E-state index in [0.717, 1.165) is 11.1 Å². The van der Waals surface area contributed by atoms with E-state index in [9.17, 15) is 4.79 Å². The predicted molar refractivity (Wildman–Crippen MR) is 89.8 cm³/mol. The first kappa shape index (κ1) is 15.6. The number of anilines is 1. The Bertz CT molecular complexity index is 881. The summed E-state index contributed by atoms with van der Waals surface area (Å²) in [4.78, 5) is 21.0. The lowest BCUT2D eigenvalue weighted by atomic mass is 10.1. The number of hydrogen-bond acceptors (Lipinski definition) is 4. The second-order valence-corrected chi connectivity index (χ2v) is 5.76. The summed E-state index contributed by atoms with van der Waals surface area (Å²) in [5, 5.41) is 10.5. The molecular weight excluding hydrogens is 339 g/mol.